The molecule has 1 saturated carbocycles. The summed E-state index contributed by atoms with van der Waals surface area (Å²) >= 11 is 0. The van der Waals surface area contributed by atoms with Gasteiger partial charge in [0.25, 0.3) is 0 Å². The van der Waals surface area contributed by atoms with Crippen LogP contribution in [0.1, 0.15) is 60.8 Å². The van der Waals surface area contributed by atoms with E-state index in [9.17, 15) is 5.11 Å². The van der Waals surface area contributed by atoms with Crippen molar-refractivity contribution in [3.05, 3.63) is 23.3 Å². The van der Waals surface area contributed by atoms with Gasteiger partial charge in [-0.1, -0.05) is 5.16 Å². The Morgan fingerprint density at radius 3 is 2.85 bits per heavy atom. The molecule has 3 aromatic rings. The van der Waals surface area contributed by atoms with Gasteiger partial charge in [0.05, 0.1) is 29.7 Å². The van der Waals surface area contributed by atoms with E-state index in [2.05, 4.69) is 19.7 Å². The predicted molar refractivity (Wildman–Crippen MR) is 97.2 cm³/mol. The molecule has 8 heteroatoms. The van der Waals surface area contributed by atoms with Crippen molar-refractivity contribution in [3.63, 3.8) is 0 Å². The van der Waals surface area contributed by atoms with E-state index in [1.807, 2.05) is 0 Å². The average Bonchev–Trinajstić information content (AvgIpc) is 3.11. The molecule has 3 N–H and O–H groups in total. The average molecular weight is 367 g/mol. The molecule has 27 heavy (non-hydrogen) atoms. The molecule has 3 aromatic heterocycles. The van der Waals surface area contributed by atoms with Crippen molar-refractivity contribution >= 4 is 16.9 Å². The minimum absolute atomic E-state index is 0.207. The van der Waals surface area contributed by atoms with Crippen LogP contribution in [0.5, 0.6) is 0 Å². The summed E-state index contributed by atoms with van der Waals surface area (Å²) < 4.78 is 13.6. The summed E-state index contributed by atoms with van der Waals surface area (Å²) in [4.78, 5) is 8.80. The summed E-state index contributed by atoms with van der Waals surface area (Å²) in [7, 11) is 0. The zero-order valence-corrected chi connectivity index (χ0v) is 14.9. The number of aliphatic hydroxyl groups excluding tert-OH is 1. The minimum Gasteiger partial charge on any atom is -0.388 e. The molecule has 8 nitrogen and oxygen atoms in total. The molecule has 2 fully saturated rings. The van der Waals surface area contributed by atoms with Crippen molar-refractivity contribution in [2.24, 2.45) is 0 Å². The van der Waals surface area contributed by atoms with Gasteiger partial charge in [0, 0.05) is 23.8 Å². The minimum atomic E-state index is -0.580. The Balaban J connectivity index is 1.69. The Hall–Kier alpha value is -2.45. The molecule has 1 aliphatic heterocycles. The monoisotopic (exact) mass is 367 g/mol. The molecule has 0 aromatic carbocycles. The summed E-state index contributed by atoms with van der Waals surface area (Å²) in [6.45, 7) is 1.39. The summed E-state index contributed by atoms with van der Waals surface area (Å²) in [5, 5.41) is 16.1. The first-order valence-corrected chi connectivity index (χ1v) is 9.63. The fourth-order valence-corrected chi connectivity index (χ4v) is 4.69. The van der Waals surface area contributed by atoms with Gasteiger partial charge < -0.3 is 24.7 Å². The zero-order chi connectivity index (χ0) is 18.1. The number of aromatic nitrogens is 4. The maximum atomic E-state index is 10.9. The van der Waals surface area contributed by atoms with Crippen LogP contribution in [0.25, 0.3) is 22.3 Å². The number of rotatable bonds is 2. The van der Waals surface area contributed by atoms with Gasteiger partial charge >= 0.3 is 0 Å². The van der Waals surface area contributed by atoms with E-state index in [0.717, 1.165) is 65.9 Å². The van der Waals surface area contributed by atoms with E-state index < -0.39 is 6.10 Å². The third-order valence-electron chi connectivity index (χ3n) is 6.11. The molecule has 0 amide bonds. The molecule has 4 heterocycles. The Morgan fingerprint density at radius 1 is 1.19 bits per heavy atom. The number of ether oxygens (including phenoxy) is 1. The van der Waals surface area contributed by atoms with Crippen LogP contribution in [-0.4, -0.2) is 38.0 Å². The fourth-order valence-electron chi connectivity index (χ4n) is 4.69. The van der Waals surface area contributed by atoms with Crippen molar-refractivity contribution in [1.29, 1.82) is 0 Å². The summed E-state index contributed by atoms with van der Waals surface area (Å²) in [5.74, 6) is 1.65. The van der Waals surface area contributed by atoms with Crippen LogP contribution in [0.3, 0.4) is 0 Å². The number of hydrogen-bond acceptors (Lipinski definition) is 7. The van der Waals surface area contributed by atoms with Crippen molar-refractivity contribution in [3.8, 4) is 11.3 Å². The number of hydrogen-bond donors (Lipinski definition) is 2. The maximum Gasteiger partial charge on any atom is 0.146 e. The lowest BCUT2D eigenvalue weighted by molar-refractivity contribution is 0.165. The summed E-state index contributed by atoms with van der Waals surface area (Å²) in [5.41, 5.74) is 10.7. The van der Waals surface area contributed by atoms with Gasteiger partial charge in [-0.25, -0.2) is 9.97 Å². The molecule has 140 valence electrons. The third-order valence-corrected chi connectivity index (χ3v) is 6.11. The van der Waals surface area contributed by atoms with Crippen LogP contribution in [0, 0.1) is 0 Å². The molecule has 1 saturated heterocycles. The Morgan fingerprint density at radius 2 is 2.07 bits per heavy atom. The molecule has 2 aliphatic carbocycles. The van der Waals surface area contributed by atoms with Crippen molar-refractivity contribution in [2.45, 2.75) is 50.2 Å². The first-order valence-electron chi connectivity index (χ1n) is 9.63. The Kier molecular flexibility index (Phi) is 3.19. The number of fused-ring (bicyclic) bond motifs is 5. The lowest BCUT2D eigenvalue weighted by atomic mass is 10.0. The standard InChI is InChI=1S/C19H21N5O3/c20-18-15-13-11(24(10-5-6-26-7-10)19(15)22-8-21-18)3-4-12(25)14-16(13)23-27-17(14)9-1-2-9/h8-10,12,25H,1-7H2,(H2,20,21,22). The van der Waals surface area contributed by atoms with Crippen LogP contribution >= 0.6 is 0 Å². The normalized spacial score (nSPS) is 24.8. The first kappa shape index (κ1) is 15.6. The highest BCUT2D eigenvalue weighted by molar-refractivity contribution is 6.02. The van der Waals surface area contributed by atoms with Crippen molar-refractivity contribution in [1.82, 2.24) is 19.7 Å². The highest BCUT2D eigenvalue weighted by Crippen LogP contribution is 2.50. The van der Waals surface area contributed by atoms with Crippen LogP contribution in [0.15, 0.2) is 10.9 Å². The van der Waals surface area contributed by atoms with Gasteiger partial charge in [-0.2, -0.15) is 0 Å². The molecular weight excluding hydrogens is 346 g/mol. The van der Waals surface area contributed by atoms with Crippen LogP contribution < -0.4 is 5.73 Å². The topological polar surface area (TPSA) is 112 Å². The van der Waals surface area contributed by atoms with Gasteiger partial charge in [0.15, 0.2) is 0 Å². The lowest BCUT2D eigenvalue weighted by Gasteiger charge is -2.16. The molecule has 0 radical (unpaired) electrons. The Labute approximate surface area is 155 Å². The number of nitrogens with zero attached hydrogens (tertiary/aromatic N) is 4. The van der Waals surface area contributed by atoms with Gasteiger partial charge in [0.2, 0.25) is 0 Å². The largest absolute Gasteiger partial charge is 0.388 e. The third kappa shape index (κ3) is 2.14. The highest BCUT2D eigenvalue weighted by atomic mass is 16.5. The van der Waals surface area contributed by atoms with E-state index in [1.165, 1.54) is 6.33 Å². The highest BCUT2D eigenvalue weighted by Gasteiger charge is 2.39. The predicted octanol–water partition coefficient (Wildman–Crippen LogP) is 2.49. The van der Waals surface area contributed by atoms with Crippen LogP contribution in [-0.2, 0) is 11.2 Å². The van der Waals surface area contributed by atoms with Crippen molar-refractivity contribution < 1.29 is 14.4 Å². The smallest absolute Gasteiger partial charge is 0.146 e. The van der Waals surface area contributed by atoms with E-state index >= 15 is 0 Å². The molecule has 0 spiro atoms. The Bertz CT molecular complexity index is 1050. The van der Waals surface area contributed by atoms with E-state index in [0.29, 0.717) is 30.5 Å². The zero-order valence-electron chi connectivity index (χ0n) is 14.9. The number of anilines is 1. The van der Waals surface area contributed by atoms with E-state index in [1.54, 1.807) is 0 Å². The molecule has 2 unspecified atom stereocenters. The van der Waals surface area contributed by atoms with Crippen LogP contribution in [0.4, 0.5) is 5.82 Å². The second-order valence-electron chi connectivity index (χ2n) is 7.80. The molecule has 2 atom stereocenters. The summed E-state index contributed by atoms with van der Waals surface area (Å²) in [6.07, 6.45) is 5.39. The fraction of sp³-hybridized carbons (Fsp3) is 0.526. The van der Waals surface area contributed by atoms with Gasteiger partial charge in [-0.05, 0) is 32.1 Å². The number of nitrogens with two attached hydrogens (primary N) is 1. The SMILES string of the molecule is Nc1ncnc2c1c1c(n2C2CCOC2)CCC(O)c2c-1noc2C1CC1. The maximum absolute atomic E-state index is 10.9. The van der Waals surface area contributed by atoms with Gasteiger partial charge in [-0.15, -0.1) is 0 Å². The first-order chi connectivity index (χ1) is 13.2. The molecule has 0 bridgehead atoms. The number of nitrogen functional groups attached to an aromatic ring is 1. The lowest BCUT2D eigenvalue weighted by Crippen LogP contribution is -2.13. The quantitative estimate of drug-likeness (QED) is 0.715. The summed E-state index contributed by atoms with van der Waals surface area (Å²) in [6, 6.07) is 0.207. The van der Waals surface area contributed by atoms with Crippen LogP contribution in [0.2, 0.25) is 0 Å². The van der Waals surface area contributed by atoms with E-state index in [-0.39, 0.29) is 6.04 Å². The molecular formula is C19H21N5O3. The van der Waals surface area contributed by atoms with E-state index in [4.69, 9.17) is 15.0 Å². The van der Waals surface area contributed by atoms with Gasteiger partial charge in [-0.3, -0.25) is 0 Å². The molecule has 6 rings (SSSR count). The van der Waals surface area contributed by atoms with Gasteiger partial charge in [0.1, 0.15) is 29.2 Å². The number of aliphatic hydroxyl groups is 1. The molecule has 3 aliphatic rings. The second kappa shape index (κ2) is 5.53. The second-order valence-corrected chi connectivity index (χ2v) is 7.80. The van der Waals surface area contributed by atoms with Crippen molar-refractivity contribution in [2.75, 3.05) is 18.9 Å².